The van der Waals surface area contributed by atoms with E-state index in [1.54, 1.807) is 54.6 Å². The van der Waals surface area contributed by atoms with Crippen LogP contribution in [0.15, 0.2) is 92.0 Å². The number of nitrogens with one attached hydrogen (secondary N) is 1. The van der Waals surface area contributed by atoms with Crippen molar-refractivity contribution in [1.82, 2.24) is 28.3 Å². The Hall–Kier alpha value is -4.34. The number of rotatable bonds is 3. The Kier molecular flexibility index (Phi) is 3.79. The van der Waals surface area contributed by atoms with Gasteiger partial charge >= 0.3 is 22.8 Å². The molecule has 2 aromatic heterocycles. The van der Waals surface area contributed by atoms with Crippen LogP contribution >= 0.6 is 0 Å². The van der Waals surface area contributed by atoms with Gasteiger partial charge in [-0.2, -0.15) is 0 Å². The second-order valence-electron chi connectivity index (χ2n) is 7.91. The summed E-state index contributed by atoms with van der Waals surface area (Å²) in [6.07, 6.45) is 4.09. The largest absolute Gasteiger partial charge is 0.352 e. The van der Waals surface area contributed by atoms with Gasteiger partial charge in [-0.05, 0) is 30.7 Å². The highest BCUT2D eigenvalue weighted by molar-refractivity contribution is 5.32. The number of nitrogens with zero attached hydrogens (tertiary/aromatic N) is 5. The number of aromatic amines is 1. The van der Waals surface area contributed by atoms with Crippen LogP contribution in [0, 0.1) is 0 Å². The molecule has 10 heteroatoms. The summed E-state index contributed by atoms with van der Waals surface area (Å²) in [5.41, 5.74) is -1.05. The second-order valence-corrected chi connectivity index (χ2v) is 7.91. The van der Waals surface area contributed by atoms with Crippen LogP contribution in [0.25, 0.3) is 11.4 Å². The standard InChI is InChI=1S/C22H18N6O4/c29-19-23-26(20(30)24(19)14-7-3-1-4-8-14)18-13-16-11-12-17(18)28-22(32)25(21(31)27(16)28)15-9-5-2-6-10-15/h1-12,16-18H,13H2,(H,23,29)/t16-,17+,18-/m0/s1. The average molecular weight is 430 g/mol. The Morgan fingerprint density at radius 3 is 1.94 bits per heavy atom. The quantitative estimate of drug-likeness (QED) is 0.484. The fourth-order valence-corrected chi connectivity index (χ4v) is 4.79. The lowest BCUT2D eigenvalue weighted by molar-refractivity contribution is 0.168. The molecule has 0 radical (unpaired) electrons. The summed E-state index contributed by atoms with van der Waals surface area (Å²) in [5.74, 6) is 0. The highest BCUT2D eigenvalue weighted by Crippen LogP contribution is 2.40. The molecule has 160 valence electrons. The van der Waals surface area contributed by atoms with Crippen molar-refractivity contribution in [3.63, 3.8) is 0 Å². The van der Waals surface area contributed by atoms with E-state index < -0.39 is 40.9 Å². The third-order valence-electron chi connectivity index (χ3n) is 6.19. The summed E-state index contributed by atoms with van der Waals surface area (Å²) in [5, 5.41) is 2.64. The Labute approximate surface area is 179 Å². The SMILES string of the molecule is O=c1[nH]n([C@H]2C[C@@H]3C=C[C@H]2n2c(=O)n(-c4ccccc4)c(=O)n23)c(=O)n1-c1ccccc1. The van der Waals surface area contributed by atoms with E-state index in [0.29, 0.717) is 17.8 Å². The monoisotopic (exact) mass is 430 g/mol. The average Bonchev–Trinajstić information content (AvgIpc) is 3.28. The minimum Gasteiger partial charge on any atom is -0.246 e. The van der Waals surface area contributed by atoms with Crippen LogP contribution < -0.4 is 22.8 Å². The number of fused-ring (bicyclic) bond motifs is 1. The molecule has 0 unspecified atom stereocenters. The lowest BCUT2D eigenvalue weighted by Crippen LogP contribution is -2.46. The maximum atomic E-state index is 13.3. The Morgan fingerprint density at radius 2 is 1.28 bits per heavy atom. The zero-order valence-electron chi connectivity index (χ0n) is 16.7. The van der Waals surface area contributed by atoms with Crippen LogP contribution in [0.5, 0.6) is 0 Å². The highest BCUT2D eigenvalue weighted by Gasteiger charge is 2.42. The van der Waals surface area contributed by atoms with Crippen molar-refractivity contribution in [2.45, 2.75) is 24.5 Å². The van der Waals surface area contributed by atoms with E-state index >= 15 is 0 Å². The maximum absolute atomic E-state index is 13.3. The van der Waals surface area contributed by atoms with Gasteiger partial charge in [-0.25, -0.2) is 47.5 Å². The van der Waals surface area contributed by atoms with Gasteiger partial charge in [-0.3, -0.25) is 0 Å². The zero-order valence-corrected chi connectivity index (χ0v) is 16.7. The molecule has 7 rings (SSSR count). The van der Waals surface area contributed by atoms with Gasteiger partial charge in [0, 0.05) is 0 Å². The first-order valence-corrected chi connectivity index (χ1v) is 10.2. The fourth-order valence-electron chi connectivity index (χ4n) is 4.79. The van der Waals surface area contributed by atoms with Gasteiger partial charge in [0.2, 0.25) is 0 Å². The number of allylic oxidation sites excluding steroid dienone is 2. The molecule has 2 bridgehead atoms. The van der Waals surface area contributed by atoms with Gasteiger partial charge in [0.15, 0.2) is 0 Å². The van der Waals surface area contributed by atoms with E-state index in [1.807, 2.05) is 18.2 Å². The molecule has 2 aliphatic heterocycles. The number of para-hydroxylation sites is 2. The second kappa shape index (κ2) is 6.58. The number of hydrogen-bond acceptors (Lipinski definition) is 4. The molecule has 3 atom stereocenters. The summed E-state index contributed by atoms with van der Waals surface area (Å²) in [6.45, 7) is 0. The number of aromatic nitrogens is 6. The van der Waals surface area contributed by atoms with Gasteiger partial charge in [-0.15, -0.1) is 0 Å². The van der Waals surface area contributed by atoms with Crippen LogP contribution in [0.3, 0.4) is 0 Å². The summed E-state index contributed by atoms with van der Waals surface area (Å²) < 4.78 is 6.30. The molecule has 3 aliphatic rings. The third-order valence-corrected chi connectivity index (χ3v) is 6.19. The van der Waals surface area contributed by atoms with Gasteiger partial charge in [0.1, 0.15) is 0 Å². The fraction of sp³-hybridized carbons (Fsp3) is 0.182. The van der Waals surface area contributed by atoms with Crippen LogP contribution in [-0.4, -0.2) is 28.3 Å². The van der Waals surface area contributed by atoms with Crippen LogP contribution in [0.2, 0.25) is 0 Å². The first-order valence-electron chi connectivity index (χ1n) is 10.2. The highest BCUT2D eigenvalue weighted by atomic mass is 16.2. The summed E-state index contributed by atoms with van der Waals surface area (Å²) in [4.78, 5) is 52.2. The molecule has 1 N–H and O–H groups in total. The molecule has 10 nitrogen and oxygen atoms in total. The molecule has 1 aliphatic carbocycles. The smallest absolute Gasteiger partial charge is 0.246 e. The topological polar surface area (TPSA) is 109 Å². The first-order chi connectivity index (χ1) is 15.6. The van der Waals surface area contributed by atoms with E-state index in [-0.39, 0.29) is 0 Å². The zero-order chi connectivity index (χ0) is 22.0. The van der Waals surface area contributed by atoms with Crippen molar-refractivity contribution in [3.05, 3.63) is 115 Å². The van der Waals surface area contributed by atoms with Crippen molar-refractivity contribution < 1.29 is 0 Å². The molecule has 0 saturated carbocycles. The van der Waals surface area contributed by atoms with Gasteiger partial charge in [0.25, 0.3) is 0 Å². The molecular formula is C22H18N6O4. The minimum absolute atomic E-state index is 0.397. The van der Waals surface area contributed by atoms with Crippen molar-refractivity contribution in [1.29, 1.82) is 0 Å². The number of H-pyrrole nitrogens is 1. The van der Waals surface area contributed by atoms with Crippen LogP contribution in [0.1, 0.15) is 24.5 Å². The van der Waals surface area contributed by atoms with Crippen molar-refractivity contribution >= 4 is 0 Å². The molecule has 0 spiro atoms. The van der Waals surface area contributed by atoms with Crippen LogP contribution in [0.4, 0.5) is 0 Å². The Morgan fingerprint density at radius 1 is 0.688 bits per heavy atom. The molecule has 2 aromatic carbocycles. The molecule has 4 aromatic rings. The van der Waals surface area contributed by atoms with Crippen molar-refractivity contribution in [2.75, 3.05) is 0 Å². The summed E-state index contributed by atoms with van der Waals surface area (Å²) in [6, 6.07) is 15.8. The number of hydrogen-bond donors (Lipinski definition) is 1. The normalized spacial score (nSPS) is 21.1. The minimum atomic E-state index is -0.592. The van der Waals surface area contributed by atoms with Crippen LogP contribution in [-0.2, 0) is 0 Å². The van der Waals surface area contributed by atoms with Gasteiger partial charge < -0.3 is 0 Å². The third kappa shape index (κ3) is 2.40. The predicted molar refractivity (Wildman–Crippen MR) is 116 cm³/mol. The number of benzene rings is 2. The maximum Gasteiger partial charge on any atom is 0.352 e. The summed E-state index contributed by atoms with van der Waals surface area (Å²) >= 11 is 0. The van der Waals surface area contributed by atoms with E-state index in [4.69, 9.17) is 0 Å². The molecule has 0 saturated heterocycles. The lowest BCUT2D eigenvalue weighted by Gasteiger charge is -2.39. The molecule has 0 fully saturated rings. The van der Waals surface area contributed by atoms with E-state index in [0.717, 1.165) is 9.13 Å². The van der Waals surface area contributed by atoms with E-state index in [2.05, 4.69) is 5.10 Å². The molecule has 32 heavy (non-hydrogen) atoms. The molecule has 4 heterocycles. The van der Waals surface area contributed by atoms with E-state index in [9.17, 15) is 19.2 Å². The summed E-state index contributed by atoms with van der Waals surface area (Å²) in [7, 11) is 0. The first kappa shape index (κ1) is 18.4. The molecular weight excluding hydrogens is 412 g/mol. The van der Waals surface area contributed by atoms with Crippen molar-refractivity contribution in [2.24, 2.45) is 0 Å². The molecule has 0 amide bonds. The van der Waals surface area contributed by atoms with Gasteiger partial charge in [-0.1, -0.05) is 48.6 Å². The Balaban J connectivity index is 1.51. The van der Waals surface area contributed by atoms with Crippen molar-refractivity contribution in [3.8, 4) is 11.4 Å². The van der Waals surface area contributed by atoms with Gasteiger partial charge in [0.05, 0.1) is 29.5 Å². The predicted octanol–water partition coefficient (Wildman–Crippen LogP) is 0.738. The lowest BCUT2D eigenvalue weighted by atomic mass is 9.91. The van der Waals surface area contributed by atoms with E-state index in [1.165, 1.54) is 14.0 Å². The Bertz CT molecular complexity index is 1600.